The number of nitrogens with two attached hydrogens (primary N) is 1. The molecule has 2 aromatic carbocycles. The molecule has 1 fully saturated rings. The summed E-state index contributed by atoms with van der Waals surface area (Å²) in [6.07, 6.45) is 3.61. The maximum absolute atomic E-state index is 13.1. The van der Waals surface area contributed by atoms with Gasteiger partial charge in [-0.2, -0.15) is 4.73 Å². The number of carbonyl (C=O) groups is 2. The molecule has 7 heteroatoms. The van der Waals surface area contributed by atoms with Crippen molar-refractivity contribution >= 4 is 12.0 Å². The number of aromatic nitrogens is 1. The fourth-order valence-corrected chi connectivity index (χ4v) is 4.37. The number of primary amides is 1. The van der Waals surface area contributed by atoms with E-state index in [0.717, 1.165) is 27.0 Å². The topological polar surface area (TPSA) is 99.6 Å². The van der Waals surface area contributed by atoms with Crippen molar-refractivity contribution in [2.24, 2.45) is 5.73 Å². The second-order valence-corrected chi connectivity index (χ2v) is 8.39. The van der Waals surface area contributed by atoms with Crippen LogP contribution in [0.5, 0.6) is 0 Å². The molecule has 0 spiro atoms. The molecule has 0 radical (unpaired) electrons. The predicted molar refractivity (Wildman–Crippen MR) is 124 cm³/mol. The quantitative estimate of drug-likeness (QED) is 0.438. The number of ether oxygens (including phenoxy) is 1. The molecule has 2 amide bonds. The van der Waals surface area contributed by atoms with E-state index in [1.165, 1.54) is 12.4 Å². The minimum atomic E-state index is -0.867. The van der Waals surface area contributed by atoms with Crippen LogP contribution in [0.25, 0.3) is 11.1 Å². The van der Waals surface area contributed by atoms with E-state index in [0.29, 0.717) is 19.4 Å². The number of pyridine rings is 1. The molecule has 0 unspecified atom stereocenters. The number of cyclic esters (lactones) is 1. The third kappa shape index (κ3) is 4.82. The van der Waals surface area contributed by atoms with Gasteiger partial charge in [0.25, 0.3) is 0 Å². The standard InChI is InChI=1S/C26H27N3O4/c1-19(20-9-11-21(12-10-20)22-6-5-16-28(32)18-22)29-17-15-26(33-25(29)31,14-13-24(27)30)23-7-3-2-4-8-23/h2-12,16,18-19H,13-15,17H2,1H3,(H2,27,30)/t19-,26+/m0/s1. The van der Waals surface area contributed by atoms with E-state index in [4.69, 9.17) is 10.5 Å². The summed E-state index contributed by atoms with van der Waals surface area (Å²) < 4.78 is 6.78. The van der Waals surface area contributed by atoms with Crippen molar-refractivity contribution in [1.29, 1.82) is 0 Å². The molecule has 0 bridgehead atoms. The molecule has 1 aromatic heterocycles. The Labute approximate surface area is 193 Å². The Morgan fingerprint density at radius 1 is 1.12 bits per heavy atom. The van der Waals surface area contributed by atoms with E-state index in [-0.39, 0.29) is 12.5 Å². The Morgan fingerprint density at radius 2 is 1.85 bits per heavy atom. The minimum absolute atomic E-state index is 0.141. The third-order valence-corrected chi connectivity index (χ3v) is 6.32. The molecular weight excluding hydrogens is 418 g/mol. The van der Waals surface area contributed by atoms with E-state index in [1.807, 2.05) is 67.6 Å². The van der Waals surface area contributed by atoms with Crippen LogP contribution in [-0.2, 0) is 15.1 Å². The summed E-state index contributed by atoms with van der Waals surface area (Å²) in [4.78, 5) is 26.3. The molecule has 7 nitrogen and oxygen atoms in total. The lowest BCUT2D eigenvalue weighted by atomic mass is 9.84. The Balaban J connectivity index is 1.51. The predicted octanol–water partition coefficient (Wildman–Crippen LogP) is 4.05. The third-order valence-electron chi connectivity index (χ3n) is 6.32. The molecule has 33 heavy (non-hydrogen) atoms. The normalized spacial score (nSPS) is 19.1. The molecule has 0 saturated carbocycles. The molecule has 2 heterocycles. The van der Waals surface area contributed by atoms with Crippen molar-refractivity contribution in [2.45, 2.75) is 37.8 Å². The molecule has 0 aliphatic carbocycles. The fourth-order valence-electron chi connectivity index (χ4n) is 4.37. The Morgan fingerprint density at radius 3 is 2.48 bits per heavy atom. The first-order valence-electron chi connectivity index (χ1n) is 11.0. The highest BCUT2D eigenvalue weighted by Gasteiger charge is 2.43. The van der Waals surface area contributed by atoms with Gasteiger partial charge in [0, 0.05) is 37.4 Å². The lowest BCUT2D eigenvalue weighted by molar-refractivity contribution is -0.604. The van der Waals surface area contributed by atoms with Crippen molar-refractivity contribution < 1.29 is 19.1 Å². The van der Waals surface area contributed by atoms with E-state index in [1.54, 1.807) is 11.0 Å². The van der Waals surface area contributed by atoms with Crippen LogP contribution in [0.1, 0.15) is 43.4 Å². The van der Waals surface area contributed by atoms with Crippen molar-refractivity contribution in [3.8, 4) is 11.1 Å². The average molecular weight is 446 g/mol. The SMILES string of the molecule is C[C@@H](c1ccc(-c2ccc[n+]([O-])c2)cc1)N1CC[C@](CCC(N)=O)(c2ccccc2)OC1=O. The number of nitrogens with zero attached hydrogens (tertiary/aromatic N) is 2. The van der Waals surface area contributed by atoms with Crippen LogP contribution in [0.15, 0.2) is 79.1 Å². The Bertz CT molecular complexity index is 1130. The molecule has 2 atom stereocenters. The first-order chi connectivity index (χ1) is 15.9. The van der Waals surface area contributed by atoms with Gasteiger partial charge in [0.2, 0.25) is 5.91 Å². The van der Waals surface area contributed by atoms with Gasteiger partial charge in [-0.15, -0.1) is 0 Å². The number of carbonyl (C=O) groups excluding carboxylic acids is 2. The van der Waals surface area contributed by atoms with Crippen molar-refractivity contribution in [1.82, 2.24) is 4.90 Å². The lowest BCUT2D eigenvalue weighted by Crippen LogP contribution is -2.49. The Hall–Kier alpha value is -3.87. The van der Waals surface area contributed by atoms with Gasteiger partial charge in [0.15, 0.2) is 12.4 Å². The summed E-state index contributed by atoms with van der Waals surface area (Å²) in [6.45, 7) is 2.45. The number of rotatable bonds is 7. The molecule has 2 N–H and O–H groups in total. The summed E-state index contributed by atoms with van der Waals surface area (Å²) in [5.41, 5.74) is 8.10. The molecule has 1 aliphatic heterocycles. The number of hydrogen-bond donors (Lipinski definition) is 1. The lowest BCUT2D eigenvalue weighted by Gasteiger charge is -2.43. The van der Waals surface area contributed by atoms with Gasteiger partial charge in [0.05, 0.1) is 6.04 Å². The van der Waals surface area contributed by atoms with E-state index in [2.05, 4.69) is 0 Å². The van der Waals surface area contributed by atoms with Gasteiger partial charge >= 0.3 is 6.09 Å². The molecule has 170 valence electrons. The number of benzene rings is 2. The number of hydrogen-bond acceptors (Lipinski definition) is 4. The van der Waals surface area contributed by atoms with E-state index in [9.17, 15) is 14.8 Å². The zero-order chi connectivity index (χ0) is 23.4. The first kappa shape index (κ1) is 22.3. The van der Waals surface area contributed by atoms with Crippen molar-refractivity contribution in [3.63, 3.8) is 0 Å². The summed E-state index contributed by atoms with van der Waals surface area (Å²) in [5.74, 6) is -0.418. The summed E-state index contributed by atoms with van der Waals surface area (Å²) in [6, 6.07) is 20.7. The van der Waals surface area contributed by atoms with Crippen LogP contribution in [0.3, 0.4) is 0 Å². The average Bonchev–Trinajstić information content (AvgIpc) is 2.83. The van der Waals surface area contributed by atoms with E-state index < -0.39 is 17.6 Å². The van der Waals surface area contributed by atoms with Crippen LogP contribution in [0.2, 0.25) is 0 Å². The fraction of sp³-hybridized carbons (Fsp3) is 0.269. The molecule has 4 rings (SSSR count). The second-order valence-electron chi connectivity index (χ2n) is 8.39. The van der Waals surface area contributed by atoms with Gasteiger partial charge < -0.3 is 20.6 Å². The van der Waals surface area contributed by atoms with Gasteiger partial charge in [0.1, 0.15) is 5.60 Å². The highest BCUT2D eigenvalue weighted by molar-refractivity contribution is 5.74. The largest absolute Gasteiger partial charge is 0.619 e. The van der Waals surface area contributed by atoms with Crippen LogP contribution < -0.4 is 10.5 Å². The highest BCUT2D eigenvalue weighted by atomic mass is 16.6. The van der Waals surface area contributed by atoms with Gasteiger partial charge in [-0.25, -0.2) is 4.79 Å². The Kier molecular flexibility index (Phi) is 6.31. The smallest absolute Gasteiger partial charge is 0.411 e. The monoisotopic (exact) mass is 445 g/mol. The van der Waals surface area contributed by atoms with Gasteiger partial charge in [-0.3, -0.25) is 4.79 Å². The molecular formula is C26H27N3O4. The maximum atomic E-state index is 13.1. The van der Waals surface area contributed by atoms with Crippen LogP contribution in [0.4, 0.5) is 4.79 Å². The second kappa shape index (κ2) is 9.32. The zero-order valence-electron chi connectivity index (χ0n) is 18.5. The summed E-state index contributed by atoms with van der Waals surface area (Å²) in [5, 5.41) is 11.6. The van der Waals surface area contributed by atoms with Crippen molar-refractivity contribution in [2.75, 3.05) is 6.54 Å². The molecule has 3 aromatic rings. The summed E-state index contributed by atoms with van der Waals surface area (Å²) in [7, 11) is 0. The molecule has 1 saturated heterocycles. The zero-order valence-corrected chi connectivity index (χ0v) is 18.5. The van der Waals surface area contributed by atoms with Gasteiger partial charge in [-0.05, 0) is 29.7 Å². The minimum Gasteiger partial charge on any atom is -0.619 e. The molecule has 1 aliphatic rings. The van der Waals surface area contributed by atoms with E-state index >= 15 is 0 Å². The van der Waals surface area contributed by atoms with Crippen LogP contribution in [0, 0.1) is 5.21 Å². The first-order valence-corrected chi connectivity index (χ1v) is 11.0. The highest BCUT2D eigenvalue weighted by Crippen LogP contribution is 2.40. The van der Waals surface area contributed by atoms with Crippen LogP contribution in [-0.4, -0.2) is 23.4 Å². The van der Waals surface area contributed by atoms with Gasteiger partial charge in [-0.1, -0.05) is 54.6 Å². The summed E-state index contributed by atoms with van der Waals surface area (Å²) >= 11 is 0. The maximum Gasteiger partial charge on any atom is 0.411 e. The van der Waals surface area contributed by atoms with Crippen molar-refractivity contribution in [3.05, 3.63) is 95.5 Å². The number of amides is 2. The van der Waals surface area contributed by atoms with Crippen LogP contribution >= 0.6 is 0 Å².